The van der Waals surface area contributed by atoms with E-state index in [1.165, 1.54) is 18.9 Å². The Labute approximate surface area is 116 Å². The molecule has 2 N–H and O–H groups in total. The topological polar surface area (TPSA) is 29.3 Å². The third-order valence-corrected chi connectivity index (χ3v) is 4.06. The van der Waals surface area contributed by atoms with Crippen molar-refractivity contribution in [1.29, 1.82) is 0 Å². The second-order valence-corrected chi connectivity index (χ2v) is 5.75. The van der Waals surface area contributed by atoms with Crippen molar-refractivity contribution >= 4 is 15.9 Å². The minimum atomic E-state index is -0.219. The Kier molecular flexibility index (Phi) is 4.76. The van der Waals surface area contributed by atoms with E-state index in [1.807, 2.05) is 12.1 Å². The van der Waals surface area contributed by atoms with Gasteiger partial charge in [-0.3, -0.25) is 4.90 Å². The first kappa shape index (κ1) is 14.0. The van der Waals surface area contributed by atoms with Gasteiger partial charge in [-0.15, -0.1) is 0 Å². The molecule has 0 bridgehead atoms. The minimum absolute atomic E-state index is 0.203. The molecule has 1 aliphatic rings. The quantitative estimate of drug-likeness (QED) is 0.871. The van der Waals surface area contributed by atoms with Crippen LogP contribution in [0.25, 0.3) is 0 Å². The molecule has 1 aromatic rings. The van der Waals surface area contributed by atoms with Crippen LogP contribution in [0.4, 0.5) is 4.39 Å². The Hall–Kier alpha value is -0.450. The van der Waals surface area contributed by atoms with Crippen molar-refractivity contribution in [3.05, 3.63) is 34.1 Å². The van der Waals surface area contributed by atoms with Crippen molar-refractivity contribution in [3.8, 4) is 0 Å². The van der Waals surface area contributed by atoms with Crippen molar-refractivity contribution in [3.63, 3.8) is 0 Å². The molecule has 4 heteroatoms. The molecule has 1 saturated carbocycles. The molecule has 0 saturated heterocycles. The second-order valence-electron chi connectivity index (χ2n) is 4.89. The Bertz CT molecular complexity index is 407. The molecule has 0 heterocycles. The molecule has 1 atom stereocenters. The van der Waals surface area contributed by atoms with E-state index in [4.69, 9.17) is 5.73 Å². The van der Waals surface area contributed by atoms with Crippen LogP contribution in [-0.2, 0) is 0 Å². The fourth-order valence-corrected chi connectivity index (χ4v) is 2.84. The Morgan fingerprint density at radius 1 is 1.50 bits per heavy atom. The van der Waals surface area contributed by atoms with E-state index in [0.717, 1.165) is 18.5 Å². The zero-order valence-corrected chi connectivity index (χ0v) is 12.3. The summed E-state index contributed by atoms with van der Waals surface area (Å²) in [6.45, 7) is 3.82. The third kappa shape index (κ3) is 3.11. The Morgan fingerprint density at radius 2 is 2.22 bits per heavy atom. The average Bonchev–Trinajstić information content (AvgIpc) is 3.17. The van der Waals surface area contributed by atoms with Crippen LogP contribution in [-0.4, -0.2) is 24.0 Å². The molecule has 0 radical (unpaired) electrons. The summed E-state index contributed by atoms with van der Waals surface area (Å²) >= 11 is 3.25. The van der Waals surface area contributed by atoms with Gasteiger partial charge in [0.05, 0.1) is 4.47 Å². The lowest BCUT2D eigenvalue weighted by Gasteiger charge is -2.31. The van der Waals surface area contributed by atoms with Crippen LogP contribution in [0.1, 0.15) is 37.8 Å². The Morgan fingerprint density at radius 3 is 2.72 bits per heavy atom. The fraction of sp³-hybridized carbons (Fsp3) is 0.571. The summed E-state index contributed by atoms with van der Waals surface area (Å²) in [5, 5.41) is 0. The Balaban J connectivity index is 2.22. The first-order chi connectivity index (χ1) is 8.67. The summed E-state index contributed by atoms with van der Waals surface area (Å²) in [7, 11) is 0. The largest absolute Gasteiger partial charge is 0.329 e. The molecule has 2 nitrogen and oxygen atoms in total. The highest BCUT2D eigenvalue weighted by molar-refractivity contribution is 9.10. The number of nitrogens with zero attached hydrogens (tertiary/aromatic N) is 1. The van der Waals surface area contributed by atoms with E-state index >= 15 is 0 Å². The van der Waals surface area contributed by atoms with Gasteiger partial charge < -0.3 is 5.73 Å². The second kappa shape index (κ2) is 6.13. The molecule has 18 heavy (non-hydrogen) atoms. The van der Waals surface area contributed by atoms with Crippen molar-refractivity contribution in [2.45, 2.75) is 38.3 Å². The fourth-order valence-electron chi connectivity index (χ4n) is 2.44. The molecule has 1 aromatic carbocycles. The summed E-state index contributed by atoms with van der Waals surface area (Å²) in [5.74, 6) is -0.219. The lowest BCUT2D eigenvalue weighted by atomic mass is 10.0. The van der Waals surface area contributed by atoms with Gasteiger partial charge in [0.25, 0.3) is 0 Å². The van der Waals surface area contributed by atoms with E-state index in [-0.39, 0.29) is 11.9 Å². The molecule has 0 aliphatic heterocycles. The van der Waals surface area contributed by atoms with Crippen molar-refractivity contribution in [1.82, 2.24) is 4.90 Å². The summed E-state index contributed by atoms with van der Waals surface area (Å²) in [5.41, 5.74) is 7.04. The number of hydrogen-bond donors (Lipinski definition) is 1. The van der Waals surface area contributed by atoms with Crippen LogP contribution in [0.5, 0.6) is 0 Å². The number of nitrogens with two attached hydrogens (primary N) is 1. The minimum Gasteiger partial charge on any atom is -0.329 e. The summed E-state index contributed by atoms with van der Waals surface area (Å²) in [6.07, 6.45) is 3.65. The standard InChI is InChI=1S/C14H20BrFN2/c1-2-7-18(11-4-5-11)14(9-17)10-3-6-13(16)12(15)8-10/h3,6,8,11,14H,2,4-5,7,9,17H2,1H3. The molecular weight excluding hydrogens is 295 g/mol. The summed E-state index contributed by atoms with van der Waals surface area (Å²) in [4.78, 5) is 2.47. The maximum Gasteiger partial charge on any atom is 0.137 e. The van der Waals surface area contributed by atoms with Gasteiger partial charge in [0.2, 0.25) is 0 Å². The van der Waals surface area contributed by atoms with E-state index in [1.54, 1.807) is 0 Å². The molecule has 1 fully saturated rings. The highest BCUT2D eigenvalue weighted by Crippen LogP contribution is 2.35. The molecular formula is C14H20BrFN2. The van der Waals surface area contributed by atoms with Gasteiger partial charge in [-0.2, -0.15) is 0 Å². The van der Waals surface area contributed by atoms with E-state index in [0.29, 0.717) is 17.1 Å². The van der Waals surface area contributed by atoms with Gasteiger partial charge in [0.15, 0.2) is 0 Å². The maximum absolute atomic E-state index is 13.3. The predicted molar refractivity (Wildman–Crippen MR) is 75.9 cm³/mol. The summed E-state index contributed by atoms with van der Waals surface area (Å²) in [6, 6.07) is 6.09. The zero-order valence-electron chi connectivity index (χ0n) is 10.7. The highest BCUT2D eigenvalue weighted by atomic mass is 79.9. The number of halogens is 2. The van der Waals surface area contributed by atoms with Crippen LogP contribution in [0.3, 0.4) is 0 Å². The van der Waals surface area contributed by atoms with E-state index in [9.17, 15) is 4.39 Å². The maximum atomic E-state index is 13.3. The van der Waals surface area contributed by atoms with Gasteiger partial charge in [-0.25, -0.2) is 4.39 Å². The molecule has 0 spiro atoms. The highest BCUT2D eigenvalue weighted by Gasteiger charge is 2.33. The molecule has 0 aromatic heterocycles. The number of hydrogen-bond acceptors (Lipinski definition) is 2. The van der Waals surface area contributed by atoms with Crippen LogP contribution in [0.2, 0.25) is 0 Å². The third-order valence-electron chi connectivity index (χ3n) is 3.45. The predicted octanol–water partition coefficient (Wildman–Crippen LogP) is 3.46. The lowest BCUT2D eigenvalue weighted by molar-refractivity contribution is 0.191. The van der Waals surface area contributed by atoms with Gasteiger partial charge in [-0.1, -0.05) is 13.0 Å². The molecule has 100 valence electrons. The SMILES string of the molecule is CCCN(C1CC1)C(CN)c1ccc(F)c(Br)c1. The van der Waals surface area contributed by atoms with E-state index in [2.05, 4.69) is 27.8 Å². The van der Waals surface area contributed by atoms with Crippen LogP contribution in [0.15, 0.2) is 22.7 Å². The molecule has 1 aliphatic carbocycles. The van der Waals surface area contributed by atoms with Crippen LogP contribution >= 0.6 is 15.9 Å². The van der Waals surface area contributed by atoms with Gasteiger partial charge in [-0.05, 0) is 59.4 Å². The summed E-state index contributed by atoms with van der Waals surface area (Å²) < 4.78 is 13.8. The van der Waals surface area contributed by atoms with Crippen LogP contribution in [0, 0.1) is 5.82 Å². The van der Waals surface area contributed by atoms with Gasteiger partial charge >= 0.3 is 0 Å². The van der Waals surface area contributed by atoms with Crippen molar-refractivity contribution in [2.24, 2.45) is 5.73 Å². The lowest BCUT2D eigenvalue weighted by Crippen LogP contribution is -2.36. The number of rotatable bonds is 6. The zero-order chi connectivity index (χ0) is 13.1. The van der Waals surface area contributed by atoms with E-state index < -0.39 is 0 Å². The number of benzene rings is 1. The van der Waals surface area contributed by atoms with Gasteiger partial charge in [0.1, 0.15) is 5.82 Å². The average molecular weight is 315 g/mol. The first-order valence-corrected chi connectivity index (χ1v) is 7.37. The van der Waals surface area contributed by atoms with Crippen molar-refractivity contribution < 1.29 is 4.39 Å². The first-order valence-electron chi connectivity index (χ1n) is 6.58. The smallest absolute Gasteiger partial charge is 0.137 e. The normalized spacial score (nSPS) is 17.2. The molecule has 0 amide bonds. The monoisotopic (exact) mass is 314 g/mol. The van der Waals surface area contributed by atoms with Crippen molar-refractivity contribution in [2.75, 3.05) is 13.1 Å². The van der Waals surface area contributed by atoms with Gasteiger partial charge in [0, 0.05) is 18.6 Å². The van der Waals surface area contributed by atoms with Crippen LogP contribution < -0.4 is 5.73 Å². The molecule has 2 rings (SSSR count). The molecule has 1 unspecified atom stereocenters.